The molecule has 0 aromatic rings. The molecule has 1 unspecified atom stereocenters. The summed E-state index contributed by atoms with van der Waals surface area (Å²) < 4.78 is 24.5. The van der Waals surface area contributed by atoms with Gasteiger partial charge in [-0.25, -0.2) is 8.78 Å². The number of nitrogens with zero attached hydrogens (tertiary/aromatic N) is 1. The fourth-order valence-electron chi connectivity index (χ4n) is 1.95. The van der Waals surface area contributed by atoms with Crippen LogP contribution in [0.5, 0.6) is 0 Å². The van der Waals surface area contributed by atoms with Crippen molar-refractivity contribution in [2.45, 2.75) is 39.2 Å². The van der Waals surface area contributed by atoms with Crippen molar-refractivity contribution in [3.05, 3.63) is 0 Å². The maximum Gasteiger partial charge on any atom is 0.253 e. The molecule has 0 spiro atoms. The van der Waals surface area contributed by atoms with Crippen LogP contribution in [0, 0.1) is 5.92 Å². The number of likely N-dealkylation sites (tertiary alicyclic amines) is 1. The van der Waals surface area contributed by atoms with E-state index < -0.39 is 12.5 Å². The second-order valence-corrected chi connectivity index (χ2v) is 4.41. The van der Waals surface area contributed by atoms with Gasteiger partial charge >= 0.3 is 0 Å². The smallest absolute Gasteiger partial charge is 0.253 e. The Bertz CT molecular complexity index is 168. The molecule has 1 atom stereocenters. The number of alkyl halides is 2. The first-order chi connectivity index (χ1) is 7.13. The predicted octanol–water partition coefficient (Wildman–Crippen LogP) is 1.96. The Labute approximate surface area is 91.0 Å². The quantitative estimate of drug-likeness (QED) is 0.762. The molecule has 4 heteroatoms. The van der Waals surface area contributed by atoms with Crippen molar-refractivity contribution in [1.82, 2.24) is 10.2 Å². The van der Waals surface area contributed by atoms with Crippen LogP contribution in [0.1, 0.15) is 26.7 Å². The Balaban J connectivity index is 2.13. The standard InChI is InChI=1S/C11H22F2N2/c1-3-15-6-4-10(5-7-15)8-14-9(2)11(12)13/h9-11,14H,3-8H2,1-2H3. The summed E-state index contributed by atoms with van der Waals surface area (Å²) in [5.41, 5.74) is 0. The second-order valence-electron chi connectivity index (χ2n) is 4.41. The molecule has 0 aromatic carbocycles. The van der Waals surface area contributed by atoms with Gasteiger partial charge in [-0.2, -0.15) is 0 Å². The molecular formula is C11H22F2N2. The van der Waals surface area contributed by atoms with E-state index in [0.29, 0.717) is 5.92 Å². The lowest BCUT2D eigenvalue weighted by atomic mass is 9.96. The van der Waals surface area contributed by atoms with Gasteiger partial charge in [-0.05, 0) is 51.9 Å². The maximum absolute atomic E-state index is 12.2. The minimum Gasteiger partial charge on any atom is -0.309 e. The molecule has 0 aliphatic carbocycles. The van der Waals surface area contributed by atoms with Gasteiger partial charge in [0.15, 0.2) is 0 Å². The Morgan fingerprint density at radius 2 is 1.93 bits per heavy atom. The van der Waals surface area contributed by atoms with Crippen molar-refractivity contribution in [3.63, 3.8) is 0 Å². The minimum atomic E-state index is -2.25. The highest BCUT2D eigenvalue weighted by molar-refractivity contribution is 4.74. The molecule has 0 radical (unpaired) electrons. The monoisotopic (exact) mass is 220 g/mol. The highest BCUT2D eigenvalue weighted by atomic mass is 19.3. The lowest BCUT2D eigenvalue weighted by Gasteiger charge is -2.31. The first-order valence-electron chi connectivity index (χ1n) is 5.87. The van der Waals surface area contributed by atoms with Crippen molar-refractivity contribution >= 4 is 0 Å². The largest absolute Gasteiger partial charge is 0.309 e. The van der Waals surface area contributed by atoms with Crippen LogP contribution in [0.2, 0.25) is 0 Å². The molecule has 1 rings (SSSR count). The molecule has 0 amide bonds. The second kappa shape index (κ2) is 6.38. The van der Waals surface area contributed by atoms with Gasteiger partial charge < -0.3 is 10.2 Å². The van der Waals surface area contributed by atoms with E-state index in [9.17, 15) is 8.78 Å². The Kier molecular flexibility index (Phi) is 5.47. The minimum absolute atomic E-state index is 0.578. The van der Waals surface area contributed by atoms with Gasteiger partial charge in [-0.1, -0.05) is 6.92 Å². The van der Waals surface area contributed by atoms with Crippen LogP contribution in [-0.4, -0.2) is 43.5 Å². The van der Waals surface area contributed by atoms with Crippen molar-refractivity contribution in [3.8, 4) is 0 Å². The van der Waals surface area contributed by atoms with Crippen LogP contribution < -0.4 is 5.32 Å². The number of halogens is 2. The molecule has 15 heavy (non-hydrogen) atoms. The average Bonchev–Trinajstić information content (AvgIpc) is 2.26. The van der Waals surface area contributed by atoms with E-state index in [4.69, 9.17) is 0 Å². The van der Waals surface area contributed by atoms with E-state index in [1.54, 1.807) is 6.92 Å². The molecule has 1 N–H and O–H groups in total. The van der Waals surface area contributed by atoms with Crippen molar-refractivity contribution in [2.75, 3.05) is 26.2 Å². The van der Waals surface area contributed by atoms with E-state index in [2.05, 4.69) is 17.1 Å². The van der Waals surface area contributed by atoms with Gasteiger partial charge in [0.25, 0.3) is 6.43 Å². The SMILES string of the molecule is CCN1CCC(CNC(C)C(F)F)CC1. The zero-order valence-electron chi connectivity index (χ0n) is 9.68. The molecule has 1 aliphatic rings. The third-order valence-electron chi connectivity index (χ3n) is 3.26. The number of hydrogen-bond acceptors (Lipinski definition) is 2. The van der Waals surface area contributed by atoms with Crippen molar-refractivity contribution < 1.29 is 8.78 Å². The lowest BCUT2D eigenvalue weighted by Crippen LogP contribution is -2.41. The van der Waals surface area contributed by atoms with Crippen LogP contribution in [0.25, 0.3) is 0 Å². The van der Waals surface area contributed by atoms with Crippen LogP contribution >= 0.6 is 0 Å². The van der Waals surface area contributed by atoms with Gasteiger partial charge in [0, 0.05) is 0 Å². The zero-order chi connectivity index (χ0) is 11.3. The van der Waals surface area contributed by atoms with Crippen molar-refractivity contribution in [2.24, 2.45) is 5.92 Å². The Morgan fingerprint density at radius 3 is 2.40 bits per heavy atom. The molecule has 1 fully saturated rings. The molecule has 2 nitrogen and oxygen atoms in total. The summed E-state index contributed by atoms with van der Waals surface area (Å²) >= 11 is 0. The first kappa shape index (κ1) is 12.8. The topological polar surface area (TPSA) is 15.3 Å². The summed E-state index contributed by atoms with van der Waals surface area (Å²) in [6, 6.07) is -0.672. The summed E-state index contributed by atoms with van der Waals surface area (Å²) in [4.78, 5) is 2.41. The summed E-state index contributed by atoms with van der Waals surface area (Å²) in [6.45, 7) is 7.79. The van der Waals surface area contributed by atoms with Gasteiger partial charge in [0.05, 0.1) is 6.04 Å². The zero-order valence-corrected chi connectivity index (χ0v) is 9.68. The van der Waals surface area contributed by atoms with E-state index in [-0.39, 0.29) is 0 Å². The van der Waals surface area contributed by atoms with E-state index in [0.717, 1.165) is 39.0 Å². The lowest BCUT2D eigenvalue weighted by molar-refractivity contribution is 0.0998. The van der Waals surface area contributed by atoms with Crippen LogP contribution in [-0.2, 0) is 0 Å². The fourth-order valence-corrected chi connectivity index (χ4v) is 1.95. The highest BCUT2D eigenvalue weighted by Gasteiger charge is 2.20. The first-order valence-corrected chi connectivity index (χ1v) is 5.87. The van der Waals surface area contributed by atoms with Gasteiger partial charge in [0.1, 0.15) is 0 Å². The number of nitrogens with one attached hydrogen (secondary N) is 1. The molecule has 0 bridgehead atoms. The molecule has 0 saturated carbocycles. The Morgan fingerprint density at radius 1 is 1.33 bits per heavy atom. The summed E-state index contributed by atoms with van der Waals surface area (Å²) in [5, 5.41) is 2.92. The summed E-state index contributed by atoms with van der Waals surface area (Å²) in [6.07, 6.45) is 0.0221. The molecule has 1 heterocycles. The van der Waals surface area contributed by atoms with E-state index in [1.807, 2.05) is 0 Å². The molecular weight excluding hydrogens is 198 g/mol. The third kappa shape index (κ3) is 4.43. The summed E-state index contributed by atoms with van der Waals surface area (Å²) in [7, 11) is 0. The normalized spacial score (nSPS) is 22.2. The van der Waals surface area contributed by atoms with Crippen LogP contribution in [0.3, 0.4) is 0 Å². The van der Waals surface area contributed by atoms with Gasteiger partial charge in [0.2, 0.25) is 0 Å². The fraction of sp³-hybridized carbons (Fsp3) is 1.00. The summed E-state index contributed by atoms with van der Waals surface area (Å²) in [5.74, 6) is 0.578. The average molecular weight is 220 g/mol. The molecule has 1 saturated heterocycles. The molecule has 1 aliphatic heterocycles. The highest BCUT2D eigenvalue weighted by Crippen LogP contribution is 2.16. The van der Waals surface area contributed by atoms with Crippen molar-refractivity contribution in [1.29, 1.82) is 0 Å². The van der Waals surface area contributed by atoms with Crippen LogP contribution in [0.15, 0.2) is 0 Å². The Hall–Kier alpha value is -0.220. The number of hydrogen-bond donors (Lipinski definition) is 1. The number of rotatable bonds is 5. The molecule has 90 valence electrons. The predicted molar refractivity (Wildman–Crippen MR) is 58.3 cm³/mol. The third-order valence-corrected chi connectivity index (χ3v) is 3.26. The maximum atomic E-state index is 12.2. The van der Waals surface area contributed by atoms with E-state index >= 15 is 0 Å². The molecule has 0 aromatic heterocycles. The van der Waals surface area contributed by atoms with Gasteiger partial charge in [-0.15, -0.1) is 0 Å². The van der Waals surface area contributed by atoms with E-state index in [1.165, 1.54) is 0 Å². The van der Waals surface area contributed by atoms with Crippen LogP contribution in [0.4, 0.5) is 8.78 Å². The van der Waals surface area contributed by atoms with Gasteiger partial charge in [-0.3, -0.25) is 0 Å². The number of piperidine rings is 1.